The Morgan fingerprint density at radius 2 is 2.00 bits per heavy atom. The van der Waals surface area contributed by atoms with Crippen molar-refractivity contribution >= 4 is 5.91 Å². The maximum Gasteiger partial charge on any atom is 0.416 e. The van der Waals surface area contributed by atoms with E-state index in [0.717, 1.165) is 31.8 Å². The van der Waals surface area contributed by atoms with E-state index in [1.807, 2.05) is 0 Å². The van der Waals surface area contributed by atoms with Gasteiger partial charge in [-0.1, -0.05) is 26.0 Å². The summed E-state index contributed by atoms with van der Waals surface area (Å²) in [4.78, 5) is 14.3. The van der Waals surface area contributed by atoms with Gasteiger partial charge in [-0.05, 0) is 23.6 Å². The monoisotopic (exact) mass is 358 g/mol. The molecule has 0 saturated carbocycles. The first-order valence-electron chi connectivity index (χ1n) is 8.51. The van der Waals surface area contributed by atoms with Gasteiger partial charge in [-0.2, -0.15) is 13.2 Å². The van der Waals surface area contributed by atoms with Crippen molar-refractivity contribution in [2.75, 3.05) is 32.8 Å². The molecule has 0 bridgehead atoms. The van der Waals surface area contributed by atoms with Crippen LogP contribution in [-0.2, 0) is 22.1 Å². The lowest BCUT2D eigenvalue weighted by Gasteiger charge is -2.33. The lowest BCUT2D eigenvalue weighted by atomic mass is 10.1. The lowest BCUT2D eigenvalue weighted by molar-refractivity contribution is -0.137. The van der Waals surface area contributed by atoms with Crippen LogP contribution in [0, 0.1) is 5.92 Å². The Hall–Kier alpha value is -1.60. The summed E-state index contributed by atoms with van der Waals surface area (Å²) >= 11 is 0. The summed E-state index contributed by atoms with van der Waals surface area (Å²) in [6.45, 7) is 8.05. The molecule has 1 atom stereocenters. The second-order valence-electron chi connectivity index (χ2n) is 6.82. The Morgan fingerprint density at radius 1 is 1.32 bits per heavy atom. The third-order valence-electron chi connectivity index (χ3n) is 4.02. The van der Waals surface area contributed by atoms with Gasteiger partial charge < -0.3 is 10.1 Å². The Balaban J connectivity index is 1.77. The average Bonchev–Trinajstić information content (AvgIpc) is 2.52. The minimum Gasteiger partial charge on any atom is -0.374 e. The number of halogens is 3. The molecule has 1 aromatic rings. The van der Waals surface area contributed by atoms with E-state index in [0.29, 0.717) is 24.6 Å². The number of carbonyl (C=O) groups excluding carboxylic acids is 1. The van der Waals surface area contributed by atoms with Gasteiger partial charge in [-0.25, -0.2) is 0 Å². The number of nitrogens with zero attached hydrogens (tertiary/aromatic N) is 1. The fraction of sp³-hybridized carbons (Fsp3) is 0.611. The van der Waals surface area contributed by atoms with Gasteiger partial charge in [0.1, 0.15) is 0 Å². The van der Waals surface area contributed by atoms with Crippen LogP contribution in [0.5, 0.6) is 0 Å². The number of rotatable bonds is 6. The minimum absolute atomic E-state index is 0.0518. The second-order valence-corrected chi connectivity index (χ2v) is 6.82. The van der Waals surface area contributed by atoms with Crippen LogP contribution in [0.25, 0.3) is 0 Å². The van der Waals surface area contributed by atoms with Gasteiger partial charge in [0.2, 0.25) is 5.91 Å². The van der Waals surface area contributed by atoms with Crippen LogP contribution >= 0.6 is 0 Å². The minimum atomic E-state index is -4.36. The van der Waals surface area contributed by atoms with Crippen molar-refractivity contribution in [2.45, 2.75) is 32.5 Å². The molecule has 1 amide bonds. The Bertz CT molecular complexity index is 558. The maximum atomic E-state index is 12.5. The summed E-state index contributed by atoms with van der Waals surface area (Å²) in [5.74, 6) is 0.359. The first-order chi connectivity index (χ1) is 11.7. The quantitative estimate of drug-likeness (QED) is 0.850. The molecule has 25 heavy (non-hydrogen) atoms. The first kappa shape index (κ1) is 19.7. The molecule has 1 N–H and O–H groups in total. The maximum absolute atomic E-state index is 12.5. The van der Waals surface area contributed by atoms with Crippen LogP contribution in [0.3, 0.4) is 0 Å². The summed E-state index contributed by atoms with van der Waals surface area (Å²) < 4.78 is 43.2. The first-order valence-corrected chi connectivity index (χ1v) is 8.51. The van der Waals surface area contributed by atoms with E-state index in [4.69, 9.17) is 4.74 Å². The largest absolute Gasteiger partial charge is 0.416 e. The van der Waals surface area contributed by atoms with Crippen molar-refractivity contribution in [1.82, 2.24) is 10.2 Å². The Morgan fingerprint density at radius 3 is 2.60 bits per heavy atom. The van der Waals surface area contributed by atoms with E-state index in [-0.39, 0.29) is 18.4 Å². The zero-order valence-electron chi connectivity index (χ0n) is 14.6. The summed E-state index contributed by atoms with van der Waals surface area (Å²) in [5.41, 5.74) is -0.158. The molecule has 140 valence electrons. The smallest absolute Gasteiger partial charge is 0.374 e. The van der Waals surface area contributed by atoms with Crippen molar-refractivity contribution in [3.63, 3.8) is 0 Å². The predicted molar refractivity (Wildman–Crippen MR) is 89.2 cm³/mol. The number of benzene rings is 1. The zero-order valence-corrected chi connectivity index (χ0v) is 14.6. The Kier molecular flexibility index (Phi) is 6.84. The third-order valence-corrected chi connectivity index (χ3v) is 4.02. The Labute approximate surface area is 146 Å². The molecule has 4 nitrogen and oxygen atoms in total. The van der Waals surface area contributed by atoms with Gasteiger partial charge >= 0.3 is 6.18 Å². The van der Waals surface area contributed by atoms with Crippen LogP contribution in [0.4, 0.5) is 13.2 Å². The van der Waals surface area contributed by atoms with Crippen LogP contribution in [0.1, 0.15) is 25.0 Å². The molecule has 1 unspecified atom stereocenters. The molecule has 1 aliphatic rings. The summed E-state index contributed by atoms with van der Waals surface area (Å²) in [6, 6.07) is 4.67. The number of hydrogen-bond acceptors (Lipinski definition) is 3. The van der Waals surface area contributed by atoms with Crippen LogP contribution in [-0.4, -0.2) is 49.7 Å². The van der Waals surface area contributed by atoms with Crippen LogP contribution < -0.4 is 5.32 Å². The number of hydrogen-bond donors (Lipinski definition) is 1. The molecule has 1 fully saturated rings. The van der Waals surface area contributed by atoms with Crippen molar-refractivity contribution in [3.8, 4) is 0 Å². The van der Waals surface area contributed by atoms with E-state index in [1.165, 1.54) is 12.1 Å². The highest BCUT2D eigenvalue weighted by atomic mass is 19.4. The average molecular weight is 358 g/mol. The lowest BCUT2D eigenvalue weighted by Crippen LogP contribution is -2.48. The molecule has 0 radical (unpaired) electrons. The number of amides is 1. The van der Waals surface area contributed by atoms with Gasteiger partial charge in [0, 0.05) is 26.2 Å². The predicted octanol–water partition coefficient (Wildman–Crippen LogP) is 2.72. The summed E-state index contributed by atoms with van der Waals surface area (Å²) in [5, 5.41) is 2.81. The highest BCUT2D eigenvalue weighted by Crippen LogP contribution is 2.29. The van der Waals surface area contributed by atoms with E-state index in [9.17, 15) is 18.0 Å². The van der Waals surface area contributed by atoms with Crippen molar-refractivity contribution in [2.24, 2.45) is 5.92 Å². The standard InChI is InChI=1S/C18H25F3N2O2/c1-13(2)11-23-7-8-25-16(12-23)10-22-17(24)9-14-3-5-15(6-4-14)18(19,20)21/h3-6,13,16H,7-12H2,1-2H3,(H,22,24). The van der Waals surface area contributed by atoms with E-state index < -0.39 is 11.7 Å². The molecule has 0 aliphatic carbocycles. The van der Waals surface area contributed by atoms with E-state index >= 15 is 0 Å². The molecule has 1 aliphatic heterocycles. The van der Waals surface area contributed by atoms with Gasteiger partial charge in [0.25, 0.3) is 0 Å². The van der Waals surface area contributed by atoms with E-state index in [1.54, 1.807) is 0 Å². The third kappa shape index (κ3) is 6.66. The molecule has 7 heteroatoms. The molecular formula is C18H25F3N2O2. The molecule has 1 saturated heterocycles. The van der Waals surface area contributed by atoms with Crippen molar-refractivity contribution in [3.05, 3.63) is 35.4 Å². The highest BCUT2D eigenvalue weighted by molar-refractivity contribution is 5.78. The number of ether oxygens (including phenoxy) is 1. The van der Waals surface area contributed by atoms with E-state index in [2.05, 4.69) is 24.1 Å². The van der Waals surface area contributed by atoms with Gasteiger partial charge in [-0.3, -0.25) is 9.69 Å². The van der Waals surface area contributed by atoms with Crippen LogP contribution in [0.15, 0.2) is 24.3 Å². The number of morpholine rings is 1. The number of alkyl halides is 3. The molecule has 0 aromatic heterocycles. The van der Waals surface area contributed by atoms with Gasteiger partial charge in [-0.15, -0.1) is 0 Å². The van der Waals surface area contributed by atoms with Crippen molar-refractivity contribution < 1.29 is 22.7 Å². The fourth-order valence-corrected chi connectivity index (χ4v) is 2.87. The molecular weight excluding hydrogens is 333 g/mol. The summed E-state index contributed by atoms with van der Waals surface area (Å²) in [6.07, 6.45) is -4.36. The van der Waals surface area contributed by atoms with Crippen molar-refractivity contribution in [1.29, 1.82) is 0 Å². The van der Waals surface area contributed by atoms with Gasteiger partial charge in [0.15, 0.2) is 0 Å². The molecule has 1 heterocycles. The second kappa shape index (κ2) is 8.67. The molecule has 1 aromatic carbocycles. The number of carbonyl (C=O) groups is 1. The van der Waals surface area contributed by atoms with Gasteiger partial charge in [0.05, 0.1) is 24.7 Å². The normalized spacial score (nSPS) is 19.2. The molecule has 2 rings (SSSR count). The zero-order chi connectivity index (χ0) is 18.4. The topological polar surface area (TPSA) is 41.6 Å². The fourth-order valence-electron chi connectivity index (χ4n) is 2.87. The molecule has 0 spiro atoms. The van der Waals surface area contributed by atoms with Crippen LogP contribution in [0.2, 0.25) is 0 Å². The number of nitrogens with one attached hydrogen (secondary N) is 1. The highest BCUT2D eigenvalue weighted by Gasteiger charge is 2.30. The SMILES string of the molecule is CC(C)CN1CCOC(CNC(=O)Cc2ccc(C(F)(F)F)cc2)C1. The summed E-state index contributed by atoms with van der Waals surface area (Å²) in [7, 11) is 0.